The second-order valence-corrected chi connectivity index (χ2v) is 4.28. The van der Waals surface area contributed by atoms with Crippen LogP contribution in [0, 0.1) is 5.82 Å². The van der Waals surface area contributed by atoms with E-state index in [1.54, 1.807) is 0 Å². The summed E-state index contributed by atoms with van der Waals surface area (Å²) in [6, 6.07) is 3.95. The van der Waals surface area contributed by atoms with Gasteiger partial charge in [-0.3, -0.25) is 4.79 Å². The summed E-state index contributed by atoms with van der Waals surface area (Å²) in [5.74, 6) is -1.21. The van der Waals surface area contributed by atoms with Crippen LogP contribution >= 0.6 is 0 Å². The maximum atomic E-state index is 13.6. The van der Waals surface area contributed by atoms with Crippen LogP contribution in [0.5, 0.6) is 0 Å². The fourth-order valence-electron chi connectivity index (χ4n) is 2.17. The van der Waals surface area contributed by atoms with Crippen LogP contribution in [-0.4, -0.2) is 23.2 Å². The van der Waals surface area contributed by atoms with E-state index in [0.29, 0.717) is 6.42 Å². The van der Waals surface area contributed by atoms with Crippen molar-refractivity contribution in [2.45, 2.75) is 31.4 Å². The van der Waals surface area contributed by atoms with Crippen molar-refractivity contribution < 1.29 is 14.3 Å². The van der Waals surface area contributed by atoms with Crippen molar-refractivity contribution in [2.24, 2.45) is 5.73 Å². The summed E-state index contributed by atoms with van der Waals surface area (Å²) in [5.41, 5.74) is 5.39. The third-order valence-corrected chi connectivity index (χ3v) is 3.09. The number of hydrogen-bond donors (Lipinski definition) is 3. The molecule has 2 rings (SSSR count). The molecule has 2 unspecified atom stereocenters. The highest BCUT2D eigenvalue weighted by atomic mass is 19.1. The van der Waals surface area contributed by atoms with Crippen LogP contribution in [0.1, 0.15) is 29.6 Å². The van der Waals surface area contributed by atoms with Gasteiger partial charge < -0.3 is 16.2 Å². The molecule has 0 aliphatic heterocycles. The first kappa shape index (κ1) is 11.9. The monoisotopic (exact) mass is 238 g/mol. The smallest absolute Gasteiger partial charge is 0.250 e. The summed E-state index contributed by atoms with van der Waals surface area (Å²) in [7, 11) is 0. The molecule has 0 heterocycles. The van der Waals surface area contributed by atoms with Crippen LogP contribution in [0.25, 0.3) is 0 Å². The van der Waals surface area contributed by atoms with Crippen molar-refractivity contribution >= 4 is 11.6 Å². The number of benzene rings is 1. The van der Waals surface area contributed by atoms with Gasteiger partial charge in [-0.15, -0.1) is 0 Å². The number of anilines is 1. The zero-order valence-electron chi connectivity index (χ0n) is 9.32. The lowest BCUT2D eigenvalue weighted by Gasteiger charge is -2.19. The predicted octanol–water partition coefficient (Wildman–Crippen LogP) is 1.25. The highest BCUT2D eigenvalue weighted by molar-refractivity contribution is 5.98. The Hall–Kier alpha value is -1.62. The van der Waals surface area contributed by atoms with Gasteiger partial charge in [0, 0.05) is 0 Å². The second kappa shape index (κ2) is 4.71. The van der Waals surface area contributed by atoms with Crippen molar-refractivity contribution in [1.82, 2.24) is 0 Å². The lowest BCUT2D eigenvalue weighted by Crippen LogP contribution is -2.29. The number of para-hydroxylation sites is 1. The molecule has 4 N–H and O–H groups in total. The molecule has 0 spiro atoms. The van der Waals surface area contributed by atoms with Gasteiger partial charge in [0.1, 0.15) is 5.82 Å². The average Bonchev–Trinajstić information content (AvgIpc) is 2.67. The Morgan fingerprint density at radius 3 is 2.82 bits per heavy atom. The summed E-state index contributed by atoms with van der Waals surface area (Å²) in [6.45, 7) is 0. The molecular weight excluding hydrogens is 223 g/mol. The number of amides is 1. The third-order valence-electron chi connectivity index (χ3n) is 3.09. The molecule has 1 aliphatic rings. The standard InChI is InChI=1S/C12H15FN2O2/c13-8-4-1-3-7(12(14)17)11(8)15-9-5-2-6-10(9)16/h1,3-4,9-10,15-16H,2,5-6H2,(H2,14,17). The summed E-state index contributed by atoms with van der Waals surface area (Å²) < 4.78 is 13.6. The number of hydrogen-bond acceptors (Lipinski definition) is 3. The second-order valence-electron chi connectivity index (χ2n) is 4.28. The molecule has 0 radical (unpaired) electrons. The summed E-state index contributed by atoms with van der Waals surface area (Å²) in [5, 5.41) is 12.6. The van der Waals surface area contributed by atoms with Gasteiger partial charge in [0.2, 0.25) is 0 Å². The molecule has 1 saturated carbocycles. The lowest BCUT2D eigenvalue weighted by molar-refractivity contribution is 0.1000. The van der Waals surface area contributed by atoms with Gasteiger partial charge in [0.15, 0.2) is 0 Å². The van der Waals surface area contributed by atoms with Crippen molar-refractivity contribution in [2.75, 3.05) is 5.32 Å². The quantitative estimate of drug-likeness (QED) is 0.741. The zero-order chi connectivity index (χ0) is 12.4. The molecular formula is C12H15FN2O2. The number of nitrogens with one attached hydrogen (secondary N) is 1. The molecule has 4 nitrogen and oxygen atoms in total. The van der Waals surface area contributed by atoms with Crippen molar-refractivity contribution in [3.8, 4) is 0 Å². The van der Waals surface area contributed by atoms with E-state index in [1.165, 1.54) is 18.2 Å². The Balaban J connectivity index is 2.27. The number of rotatable bonds is 3. The van der Waals surface area contributed by atoms with E-state index in [4.69, 9.17) is 5.73 Å². The molecule has 1 aromatic rings. The number of aliphatic hydroxyl groups is 1. The van der Waals surface area contributed by atoms with Gasteiger partial charge in [-0.1, -0.05) is 6.07 Å². The molecule has 1 aromatic carbocycles. The van der Waals surface area contributed by atoms with E-state index in [9.17, 15) is 14.3 Å². The normalized spacial score (nSPS) is 23.6. The van der Waals surface area contributed by atoms with Crippen LogP contribution in [0.3, 0.4) is 0 Å². The molecule has 0 bridgehead atoms. The first-order valence-corrected chi connectivity index (χ1v) is 5.62. The maximum absolute atomic E-state index is 13.6. The Kier molecular flexibility index (Phi) is 3.28. The number of carbonyl (C=O) groups is 1. The predicted molar refractivity (Wildman–Crippen MR) is 62.2 cm³/mol. The highest BCUT2D eigenvalue weighted by Crippen LogP contribution is 2.26. The van der Waals surface area contributed by atoms with Crippen LogP contribution in [0.15, 0.2) is 18.2 Å². The molecule has 5 heteroatoms. The van der Waals surface area contributed by atoms with Crippen LogP contribution < -0.4 is 11.1 Å². The molecule has 92 valence electrons. The van der Waals surface area contributed by atoms with Gasteiger partial charge in [0.05, 0.1) is 23.4 Å². The molecule has 1 aliphatic carbocycles. The van der Waals surface area contributed by atoms with E-state index in [1.807, 2.05) is 0 Å². The molecule has 2 atom stereocenters. The first-order valence-electron chi connectivity index (χ1n) is 5.62. The maximum Gasteiger partial charge on any atom is 0.250 e. The summed E-state index contributed by atoms with van der Waals surface area (Å²) in [6.07, 6.45) is 1.83. The van der Waals surface area contributed by atoms with Gasteiger partial charge in [-0.2, -0.15) is 0 Å². The minimum atomic E-state index is -0.681. The lowest BCUT2D eigenvalue weighted by atomic mass is 10.1. The van der Waals surface area contributed by atoms with Crippen LogP contribution in [0.2, 0.25) is 0 Å². The Morgan fingerprint density at radius 1 is 1.47 bits per heavy atom. The minimum Gasteiger partial charge on any atom is -0.391 e. The molecule has 0 aromatic heterocycles. The van der Waals surface area contributed by atoms with Crippen molar-refractivity contribution in [3.63, 3.8) is 0 Å². The number of halogens is 1. The summed E-state index contributed by atoms with van der Waals surface area (Å²) in [4.78, 5) is 11.2. The highest BCUT2D eigenvalue weighted by Gasteiger charge is 2.27. The van der Waals surface area contributed by atoms with Gasteiger partial charge >= 0.3 is 0 Å². The Bertz CT molecular complexity index is 437. The third kappa shape index (κ3) is 2.39. The fourth-order valence-corrected chi connectivity index (χ4v) is 2.17. The number of nitrogens with two attached hydrogens (primary N) is 1. The van der Waals surface area contributed by atoms with E-state index in [0.717, 1.165) is 12.8 Å². The molecule has 1 amide bonds. The number of carbonyl (C=O) groups excluding carboxylic acids is 1. The van der Waals surface area contributed by atoms with E-state index < -0.39 is 17.8 Å². The van der Waals surface area contributed by atoms with E-state index in [-0.39, 0.29) is 17.3 Å². The molecule has 1 fully saturated rings. The van der Waals surface area contributed by atoms with E-state index >= 15 is 0 Å². The molecule has 17 heavy (non-hydrogen) atoms. The number of primary amides is 1. The average molecular weight is 238 g/mol. The first-order chi connectivity index (χ1) is 8.09. The zero-order valence-corrected chi connectivity index (χ0v) is 9.32. The SMILES string of the molecule is NC(=O)c1cccc(F)c1NC1CCCC1O. The molecule has 0 saturated heterocycles. The van der Waals surface area contributed by atoms with Gasteiger partial charge in [-0.05, 0) is 31.4 Å². The van der Waals surface area contributed by atoms with Crippen molar-refractivity contribution in [1.29, 1.82) is 0 Å². The summed E-state index contributed by atoms with van der Waals surface area (Å²) >= 11 is 0. The Morgan fingerprint density at radius 2 is 2.24 bits per heavy atom. The van der Waals surface area contributed by atoms with Crippen LogP contribution in [-0.2, 0) is 0 Å². The fraction of sp³-hybridized carbons (Fsp3) is 0.417. The number of aliphatic hydroxyl groups excluding tert-OH is 1. The van der Waals surface area contributed by atoms with Crippen molar-refractivity contribution in [3.05, 3.63) is 29.6 Å². The van der Waals surface area contributed by atoms with Gasteiger partial charge in [-0.25, -0.2) is 4.39 Å². The largest absolute Gasteiger partial charge is 0.391 e. The minimum absolute atomic E-state index is 0.0888. The van der Waals surface area contributed by atoms with Gasteiger partial charge in [0.25, 0.3) is 5.91 Å². The van der Waals surface area contributed by atoms with E-state index in [2.05, 4.69) is 5.32 Å². The Labute approximate surface area is 98.6 Å². The van der Waals surface area contributed by atoms with Crippen LogP contribution in [0.4, 0.5) is 10.1 Å². The topological polar surface area (TPSA) is 75.4 Å².